The van der Waals surface area contributed by atoms with E-state index in [1.807, 2.05) is 24.3 Å². The third-order valence-corrected chi connectivity index (χ3v) is 6.49. The fourth-order valence-electron chi connectivity index (χ4n) is 4.69. The number of benzene rings is 2. The number of aromatic nitrogens is 2. The normalized spacial score (nSPS) is 18.0. The van der Waals surface area contributed by atoms with Gasteiger partial charge in [-0.1, -0.05) is 24.3 Å². The predicted molar refractivity (Wildman–Crippen MR) is 119 cm³/mol. The zero-order chi connectivity index (χ0) is 22.2. The number of hydrogen-bond acceptors (Lipinski definition) is 3. The molecule has 2 aliphatic heterocycles. The lowest BCUT2D eigenvalue weighted by Crippen LogP contribution is -2.38. The summed E-state index contributed by atoms with van der Waals surface area (Å²) in [5.74, 6) is -0.735. The number of para-hydroxylation sites is 1. The number of anilines is 1. The quantitative estimate of drug-likeness (QED) is 0.666. The summed E-state index contributed by atoms with van der Waals surface area (Å²) in [7, 11) is 0. The molecule has 0 radical (unpaired) electrons. The van der Waals surface area contributed by atoms with Gasteiger partial charge in [-0.25, -0.2) is 4.39 Å². The molecule has 1 N–H and O–H groups in total. The van der Waals surface area contributed by atoms with Gasteiger partial charge in [0.1, 0.15) is 5.82 Å². The van der Waals surface area contributed by atoms with Gasteiger partial charge in [0.25, 0.3) is 11.8 Å². The van der Waals surface area contributed by atoms with Crippen molar-refractivity contribution in [2.45, 2.75) is 38.6 Å². The van der Waals surface area contributed by atoms with Crippen molar-refractivity contribution in [2.24, 2.45) is 0 Å². The van der Waals surface area contributed by atoms with Gasteiger partial charge in [0.2, 0.25) is 0 Å². The molecule has 0 bridgehead atoms. The molecule has 3 heterocycles. The molecule has 5 rings (SSSR count). The molecular formula is C25H25FN4O2. The minimum Gasteiger partial charge on any atom is -0.330 e. The van der Waals surface area contributed by atoms with Crippen LogP contribution in [0.4, 0.5) is 10.1 Å². The van der Waals surface area contributed by atoms with Crippen LogP contribution in [-0.2, 0) is 6.42 Å². The predicted octanol–water partition coefficient (Wildman–Crippen LogP) is 4.43. The lowest BCUT2D eigenvalue weighted by atomic mass is 9.97. The summed E-state index contributed by atoms with van der Waals surface area (Å²) in [6, 6.07) is 14.0. The Bertz CT molecular complexity index is 1190. The highest BCUT2D eigenvalue weighted by atomic mass is 19.1. The van der Waals surface area contributed by atoms with E-state index in [9.17, 15) is 14.0 Å². The summed E-state index contributed by atoms with van der Waals surface area (Å²) in [5.41, 5.74) is 4.02. The number of carbonyl (C=O) groups is 2. The second-order valence-corrected chi connectivity index (χ2v) is 8.52. The number of nitrogens with one attached hydrogen (secondary N) is 1. The van der Waals surface area contributed by atoms with Crippen LogP contribution in [0.5, 0.6) is 0 Å². The fourth-order valence-corrected chi connectivity index (χ4v) is 4.69. The van der Waals surface area contributed by atoms with Gasteiger partial charge < -0.3 is 9.80 Å². The van der Waals surface area contributed by atoms with E-state index in [0.717, 1.165) is 42.6 Å². The molecule has 1 saturated heterocycles. The molecular weight excluding hydrogens is 407 g/mol. The smallest absolute Gasteiger partial charge is 0.278 e. The first-order valence-corrected chi connectivity index (χ1v) is 11.0. The Morgan fingerprint density at radius 2 is 1.91 bits per heavy atom. The Labute approximate surface area is 186 Å². The van der Waals surface area contributed by atoms with Gasteiger partial charge in [0, 0.05) is 24.3 Å². The van der Waals surface area contributed by atoms with Gasteiger partial charge in [-0.15, -0.1) is 0 Å². The lowest BCUT2D eigenvalue weighted by molar-refractivity contribution is 0.0605. The Hall–Kier alpha value is -3.48. The minimum atomic E-state index is -0.385. The van der Waals surface area contributed by atoms with E-state index >= 15 is 0 Å². The highest BCUT2D eigenvalue weighted by molar-refractivity contribution is 6.06. The molecule has 1 fully saturated rings. The number of amides is 2. The number of H-pyrrole nitrogens is 1. The van der Waals surface area contributed by atoms with E-state index < -0.39 is 0 Å². The van der Waals surface area contributed by atoms with Crippen LogP contribution in [0, 0.1) is 12.7 Å². The highest BCUT2D eigenvalue weighted by Crippen LogP contribution is 2.33. The number of carbonyl (C=O) groups excluding carboxylic acids is 2. The molecule has 2 amide bonds. The molecule has 32 heavy (non-hydrogen) atoms. The fraction of sp³-hybridized carbons (Fsp3) is 0.320. The minimum absolute atomic E-state index is 0.147. The van der Waals surface area contributed by atoms with Crippen LogP contribution in [0.3, 0.4) is 0 Å². The molecule has 164 valence electrons. The van der Waals surface area contributed by atoms with Gasteiger partial charge >= 0.3 is 0 Å². The van der Waals surface area contributed by atoms with Crippen molar-refractivity contribution in [3.8, 4) is 0 Å². The summed E-state index contributed by atoms with van der Waals surface area (Å²) < 4.78 is 14.0. The van der Waals surface area contributed by atoms with Crippen LogP contribution in [0.15, 0.2) is 48.5 Å². The molecule has 3 aromatic rings. The molecule has 1 atom stereocenters. The zero-order valence-corrected chi connectivity index (χ0v) is 18.0. The van der Waals surface area contributed by atoms with E-state index in [0.29, 0.717) is 29.9 Å². The standard InChI is InChI=1S/C25H25FN4O2/c1-16-9-10-18(14-19(16)26)24(31)29-12-5-4-8-23(29)20-15-21(28-27-20)25(32)30-13-11-17-6-2-3-7-22(17)30/h2-3,6-7,9-10,14-15,23H,4-5,8,11-13H2,1H3,(H,27,28). The van der Waals surface area contributed by atoms with Crippen molar-refractivity contribution in [2.75, 3.05) is 18.0 Å². The first kappa shape index (κ1) is 20.4. The first-order valence-electron chi connectivity index (χ1n) is 11.0. The van der Waals surface area contributed by atoms with E-state index in [2.05, 4.69) is 10.2 Å². The van der Waals surface area contributed by atoms with Crippen LogP contribution < -0.4 is 4.90 Å². The number of hydrogen-bond donors (Lipinski definition) is 1. The third-order valence-electron chi connectivity index (χ3n) is 6.49. The van der Waals surface area contributed by atoms with Crippen LogP contribution in [0.2, 0.25) is 0 Å². The summed E-state index contributed by atoms with van der Waals surface area (Å²) in [5, 5.41) is 7.28. The Morgan fingerprint density at radius 1 is 1.06 bits per heavy atom. The monoisotopic (exact) mass is 432 g/mol. The molecule has 1 unspecified atom stereocenters. The molecule has 2 aromatic carbocycles. The molecule has 2 aliphatic rings. The molecule has 7 heteroatoms. The summed E-state index contributed by atoms with van der Waals surface area (Å²) in [6.07, 6.45) is 3.46. The average molecular weight is 432 g/mol. The number of likely N-dealkylation sites (tertiary alicyclic amines) is 1. The number of aryl methyl sites for hydroxylation is 1. The topological polar surface area (TPSA) is 69.3 Å². The van der Waals surface area contributed by atoms with Crippen molar-refractivity contribution in [3.63, 3.8) is 0 Å². The summed E-state index contributed by atoms with van der Waals surface area (Å²) in [6.45, 7) is 2.89. The van der Waals surface area contributed by atoms with Crippen molar-refractivity contribution in [1.29, 1.82) is 0 Å². The van der Waals surface area contributed by atoms with Crippen molar-refractivity contribution in [3.05, 3.63) is 82.4 Å². The van der Waals surface area contributed by atoms with Gasteiger partial charge in [0.15, 0.2) is 5.69 Å². The second-order valence-electron chi connectivity index (χ2n) is 8.52. The third kappa shape index (κ3) is 3.57. The van der Waals surface area contributed by atoms with E-state index in [1.54, 1.807) is 34.9 Å². The average Bonchev–Trinajstić information content (AvgIpc) is 3.48. The number of aromatic amines is 1. The lowest BCUT2D eigenvalue weighted by Gasteiger charge is -2.35. The van der Waals surface area contributed by atoms with Crippen molar-refractivity contribution < 1.29 is 14.0 Å². The summed E-state index contributed by atoms with van der Waals surface area (Å²) in [4.78, 5) is 29.8. The Morgan fingerprint density at radius 3 is 2.75 bits per heavy atom. The number of piperidine rings is 1. The first-order chi connectivity index (χ1) is 15.5. The van der Waals surface area contributed by atoms with Crippen LogP contribution in [0.1, 0.15) is 63.0 Å². The summed E-state index contributed by atoms with van der Waals surface area (Å²) >= 11 is 0. The van der Waals surface area contributed by atoms with Crippen LogP contribution >= 0.6 is 0 Å². The largest absolute Gasteiger partial charge is 0.330 e. The van der Waals surface area contributed by atoms with Crippen molar-refractivity contribution >= 4 is 17.5 Å². The molecule has 0 spiro atoms. The number of halogens is 1. The number of fused-ring (bicyclic) bond motifs is 1. The molecule has 0 saturated carbocycles. The Balaban J connectivity index is 1.39. The van der Waals surface area contributed by atoms with E-state index in [-0.39, 0.29) is 23.7 Å². The molecule has 6 nitrogen and oxygen atoms in total. The van der Waals surface area contributed by atoms with Crippen molar-refractivity contribution in [1.82, 2.24) is 15.1 Å². The second kappa shape index (κ2) is 8.22. The maximum absolute atomic E-state index is 14.0. The van der Waals surface area contributed by atoms with Crippen LogP contribution in [-0.4, -0.2) is 40.0 Å². The molecule has 0 aliphatic carbocycles. The van der Waals surface area contributed by atoms with Crippen LogP contribution in [0.25, 0.3) is 0 Å². The molecule has 1 aromatic heterocycles. The SMILES string of the molecule is Cc1ccc(C(=O)N2CCCCC2c2cc(C(=O)N3CCc4ccccc43)n[nH]2)cc1F. The van der Waals surface area contributed by atoms with Gasteiger partial charge in [0.05, 0.1) is 11.7 Å². The van der Waals surface area contributed by atoms with E-state index in [1.165, 1.54) is 6.07 Å². The number of rotatable bonds is 3. The highest BCUT2D eigenvalue weighted by Gasteiger charge is 2.32. The maximum Gasteiger partial charge on any atom is 0.278 e. The maximum atomic E-state index is 14.0. The number of nitrogens with zero attached hydrogens (tertiary/aromatic N) is 3. The Kier molecular flexibility index (Phi) is 5.25. The van der Waals surface area contributed by atoms with Gasteiger partial charge in [-0.05, 0) is 68.0 Å². The van der Waals surface area contributed by atoms with Gasteiger partial charge in [-0.2, -0.15) is 5.10 Å². The van der Waals surface area contributed by atoms with Gasteiger partial charge in [-0.3, -0.25) is 14.7 Å². The zero-order valence-electron chi connectivity index (χ0n) is 18.0. The van der Waals surface area contributed by atoms with E-state index in [4.69, 9.17) is 0 Å².